The number of carboxylic acids is 1. The lowest BCUT2D eigenvalue weighted by atomic mass is 9.86. The fraction of sp³-hybridized carbons (Fsp3) is 0.929. The van der Waals surface area contributed by atoms with Crippen LogP contribution < -0.4 is 5.32 Å². The first-order valence-electron chi connectivity index (χ1n) is 7.32. The number of carbonyl (C=O) groups is 1. The Morgan fingerprint density at radius 2 is 1.89 bits per heavy atom. The Labute approximate surface area is 110 Å². The van der Waals surface area contributed by atoms with E-state index in [1.54, 1.807) is 0 Å². The van der Waals surface area contributed by atoms with Crippen LogP contribution in [0.5, 0.6) is 0 Å². The number of hydrogen-bond donors (Lipinski definition) is 2. The van der Waals surface area contributed by atoms with Crippen molar-refractivity contribution in [2.75, 3.05) is 20.1 Å². The van der Waals surface area contributed by atoms with E-state index in [0.29, 0.717) is 6.04 Å². The highest BCUT2D eigenvalue weighted by Crippen LogP contribution is 2.27. The second-order valence-corrected chi connectivity index (χ2v) is 6.02. The predicted molar refractivity (Wildman–Crippen MR) is 71.7 cm³/mol. The highest BCUT2D eigenvalue weighted by Gasteiger charge is 2.40. The van der Waals surface area contributed by atoms with Crippen molar-refractivity contribution in [3.05, 3.63) is 0 Å². The first-order valence-corrected chi connectivity index (χ1v) is 7.32. The fourth-order valence-corrected chi connectivity index (χ4v) is 3.33. The quantitative estimate of drug-likeness (QED) is 0.807. The molecule has 0 aromatic heterocycles. The van der Waals surface area contributed by atoms with Gasteiger partial charge >= 0.3 is 5.97 Å². The van der Waals surface area contributed by atoms with E-state index in [1.807, 2.05) is 0 Å². The second kappa shape index (κ2) is 6.02. The molecule has 0 aromatic carbocycles. The zero-order valence-electron chi connectivity index (χ0n) is 11.5. The number of nitrogens with zero attached hydrogens (tertiary/aromatic N) is 1. The van der Waals surface area contributed by atoms with Crippen LogP contribution >= 0.6 is 0 Å². The molecule has 2 rings (SSSR count). The molecule has 0 aromatic rings. The Kier molecular flexibility index (Phi) is 4.62. The molecule has 1 saturated heterocycles. The molecule has 0 radical (unpaired) electrons. The van der Waals surface area contributed by atoms with Gasteiger partial charge in [-0.25, -0.2) is 0 Å². The summed E-state index contributed by atoms with van der Waals surface area (Å²) in [6.07, 6.45) is 8.55. The van der Waals surface area contributed by atoms with E-state index in [-0.39, 0.29) is 0 Å². The maximum atomic E-state index is 11.7. The molecule has 2 aliphatic rings. The van der Waals surface area contributed by atoms with Gasteiger partial charge in [0.1, 0.15) is 5.54 Å². The molecule has 1 atom stereocenters. The number of rotatable bonds is 3. The van der Waals surface area contributed by atoms with Gasteiger partial charge in [0.15, 0.2) is 0 Å². The van der Waals surface area contributed by atoms with Crippen LogP contribution in [-0.2, 0) is 4.79 Å². The minimum atomic E-state index is -0.674. The highest BCUT2D eigenvalue weighted by atomic mass is 16.4. The van der Waals surface area contributed by atoms with E-state index in [0.717, 1.165) is 45.2 Å². The molecule has 1 aliphatic heterocycles. The van der Waals surface area contributed by atoms with Gasteiger partial charge in [0, 0.05) is 12.6 Å². The SMILES string of the molecule is CN1CCCC(NC2CCCCC2)(C(=O)O)CC1. The van der Waals surface area contributed by atoms with E-state index in [2.05, 4.69) is 17.3 Å². The standard InChI is InChI=1S/C14H26N2O2/c1-16-10-5-8-14(9-11-16,13(17)18)15-12-6-3-2-4-7-12/h12,15H,2-11H2,1H3,(H,17,18). The van der Waals surface area contributed by atoms with Crippen molar-refractivity contribution in [1.29, 1.82) is 0 Å². The van der Waals surface area contributed by atoms with Crippen molar-refractivity contribution in [2.45, 2.75) is 62.9 Å². The van der Waals surface area contributed by atoms with Gasteiger partial charge in [0.25, 0.3) is 0 Å². The molecule has 2 N–H and O–H groups in total. The molecule has 1 aliphatic carbocycles. The van der Waals surface area contributed by atoms with Crippen molar-refractivity contribution in [2.24, 2.45) is 0 Å². The summed E-state index contributed by atoms with van der Waals surface area (Å²) in [6, 6.07) is 0.415. The van der Waals surface area contributed by atoms with Crippen LogP contribution in [0.2, 0.25) is 0 Å². The number of hydrogen-bond acceptors (Lipinski definition) is 3. The Morgan fingerprint density at radius 3 is 2.56 bits per heavy atom. The summed E-state index contributed by atoms with van der Waals surface area (Å²) in [6.45, 7) is 1.90. The average Bonchev–Trinajstić information content (AvgIpc) is 2.54. The molecule has 1 unspecified atom stereocenters. The monoisotopic (exact) mass is 254 g/mol. The Morgan fingerprint density at radius 1 is 1.17 bits per heavy atom. The van der Waals surface area contributed by atoms with Gasteiger partial charge in [-0.3, -0.25) is 10.1 Å². The third-order valence-electron chi connectivity index (χ3n) is 4.56. The van der Waals surface area contributed by atoms with Crippen LogP contribution in [0.4, 0.5) is 0 Å². The number of nitrogens with one attached hydrogen (secondary N) is 1. The topological polar surface area (TPSA) is 52.6 Å². The summed E-state index contributed by atoms with van der Waals surface area (Å²) in [5.74, 6) is -0.650. The smallest absolute Gasteiger partial charge is 0.323 e. The molecule has 104 valence electrons. The summed E-state index contributed by atoms with van der Waals surface area (Å²) in [4.78, 5) is 14.0. The maximum absolute atomic E-state index is 11.7. The lowest BCUT2D eigenvalue weighted by molar-refractivity contribution is -0.146. The van der Waals surface area contributed by atoms with E-state index in [9.17, 15) is 9.90 Å². The van der Waals surface area contributed by atoms with E-state index >= 15 is 0 Å². The molecule has 1 heterocycles. The lowest BCUT2D eigenvalue weighted by Crippen LogP contribution is -2.56. The third kappa shape index (κ3) is 3.23. The molecule has 0 spiro atoms. The van der Waals surface area contributed by atoms with E-state index in [4.69, 9.17) is 0 Å². The zero-order valence-corrected chi connectivity index (χ0v) is 11.5. The average molecular weight is 254 g/mol. The maximum Gasteiger partial charge on any atom is 0.323 e. The minimum Gasteiger partial charge on any atom is -0.480 e. The molecule has 1 saturated carbocycles. The van der Waals surface area contributed by atoms with Crippen LogP contribution in [0.15, 0.2) is 0 Å². The van der Waals surface area contributed by atoms with Crippen LogP contribution in [-0.4, -0.2) is 47.7 Å². The minimum absolute atomic E-state index is 0.415. The van der Waals surface area contributed by atoms with Crippen molar-refractivity contribution in [3.8, 4) is 0 Å². The molecule has 18 heavy (non-hydrogen) atoms. The molecule has 4 nitrogen and oxygen atoms in total. The largest absolute Gasteiger partial charge is 0.480 e. The first-order chi connectivity index (χ1) is 8.62. The van der Waals surface area contributed by atoms with Gasteiger partial charge in [-0.1, -0.05) is 19.3 Å². The number of carboxylic acid groups (broad SMARTS) is 1. The van der Waals surface area contributed by atoms with Gasteiger partial charge in [-0.15, -0.1) is 0 Å². The number of likely N-dealkylation sites (tertiary alicyclic amines) is 1. The first kappa shape index (κ1) is 13.8. The molecule has 0 amide bonds. The van der Waals surface area contributed by atoms with E-state index in [1.165, 1.54) is 19.3 Å². The normalized spacial score (nSPS) is 32.1. The summed E-state index contributed by atoms with van der Waals surface area (Å²) in [7, 11) is 2.08. The summed E-state index contributed by atoms with van der Waals surface area (Å²) >= 11 is 0. The van der Waals surface area contributed by atoms with Gasteiger partial charge < -0.3 is 10.0 Å². The van der Waals surface area contributed by atoms with Gasteiger partial charge in [0.05, 0.1) is 0 Å². The Balaban J connectivity index is 2.03. The summed E-state index contributed by atoms with van der Waals surface area (Å²) in [5.41, 5.74) is -0.674. The third-order valence-corrected chi connectivity index (χ3v) is 4.56. The molecule has 2 fully saturated rings. The van der Waals surface area contributed by atoms with Gasteiger partial charge in [0.2, 0.25) is 0 Å². The molecule has 0 bridgehead atoms. The summed E-state index contributed by atoms with van der Waals surface area (Å²) < 4.78 is 0. The van der Waals surface area contributed by atoms with Gasteiger partial charge in [-0.2, -0.15) is 0 Å². The van der Waals surface area contributed by atoms with Crippen LogP contribution in [0.25, 0.3) is 0 Å². The van der Waals surface area contributed by atoms with Crippen LogP contribution in [0, 0.1) is 0 Å². The molecule has 4 heteroatoms. The van der Waals surface area contributed by atoms with Gasteiger partial charge in [-0.05, 0) is 45.7 Å². The van der Waals surface area contributed by atoms with Crippen molar-refractivity contribution < 1.29 is 9.90 Å². The van der Waals surface area contributed by atoms with E-state index < -0.39 is 11.5 Å². The Bertz CT molecular complexity index is 290. The summed E-state index contributed by atoms with van der Waals surface area (Å²) in [5, 5.41) is 13.2. The lowest BCUT2D eigenvalue weighted by Gasteiger charge is -2.35. The molecular weight excluding hydrogens is 228 g/mol. The van der Waals surface area contributed by atoms with Crippen molar-refractivity contribution >= 4 is 5.97 Å². The highest BCUT2D eigenvalue weighted by molar-refractivity contribution is 5.79. The zero-order chi connectivity index (χ0) is 13.0. The van der Waals surface area contributed by atoms with Crippen molar-refractivity contribution in [3.63, 3.8) is 0 Å². The second-order valence-electron chi connectivity index (χ2n) is 6.02. The predicted octanol–water partition coefficient (Wildman–Crippen LogP) is 1.85. The van der Waals surface area contributed by atoms with Crippen molar-refractivity contribution in [1.82, 2.24) is 10.2 Å². The van der Waals surface area contributed by atoms with Crippen LogP contribution in [0.3, 0.4) is 0 Å². The molecular formula is C14H26N2O2. The Hall–Kier alpha value is -0.610. The van der Waals surface area contributed by atoms with Crippen LogP contribution in [0.1, 0.15) is 51.4 Å². The fourth-order valence-electron chi connectivity index (χ4n) is 3.33. The number of aliphatic carboxylic acids is 1.